The highest BCUT2D eigenvalue weighted by Crippen LogP contribution is 2.17. The minimum atomic E-state index is 0.623. The van der Waals surface area contributed by atoms with E-state index in [4.69, 9.17) is 4.74 Å². The van der Waals surface area contributed by atoms with Crippen molar-refractivity contribution in [3.8, 4) is 17.1 Å². The molecule has 0 saturated heterocycles. The van der Waals surface area contributed by atoms with Crippen molar-refractivity contribution in [2.45, 2.75) is 6.54 Å². The lowest BCUT2D eigenvalue weighted by Crippen LogP contribution is -2.04. The molecule has 0 fully saturated rings. The molecule has 0 bridgehead atoms. The Hall–Kier alpha value is -2.47. The SMILES string of the molecule is COCCn1cnnc1-c1cnn(-c2ccccc2)c1. The van der Waals surface area contributed by atoms with Gasteiger partial charge in [-0.3, -0.25) is 0 Å². The molecule has 0 aliphatic heterocycles. The van der Waals surface area contributed by atoms with Crippen LogP contribution in [0.4, 0.5) is 0 Å². The highest BCUT2D eigenvalue weighted by Gasteiger charge is 2.10. The molecule has 20 heavy (non-hydrogen) atoms. The van der Waals surface area contributed by atoms with Crippen molar-refractivity contribution in [2.75, 3.05) is 13.7 Å². The molecule has 0 spiro atoms. The van der Waals surface area contributed by atoms with Crippen molar-refractivity contribution in [2.24, 2.45) is 0 Å². The zero-order valence-electron chi connectivity index (χ0n) is 11.2. The van der Waals surface area contributed by atoms with Crippen LogP contribution in [0.3, 0.4) is 0 Å². The number of methoxy groups -OCH3 is 1. The van der Waals surface area contributed by atoms with Gasteiger partial charge in [0.05, 0.1) is 24.1 Å². The molecule has 3 aromatic rings. The van der Waals surface area contributed by atoms with Gasteiger partial charge in [-0.2, -0.15) is 5.10 Å². The summed E-state index contributed by atoms with van der Waals surface area (Å²) in [6.07, 6.45) is 5.44. The highest BCUT2D eigenvalue weighted by atomic mass is 16.5. The van der Waals surface area contributed by atoms with Gasteiger partial charge >= 0.3 is 0 Å². The third kappa shape index (κ3) is 2.46. The third-order valence-electron chi connectivity index (χ3n) is 3.01. The molecule has 0 unspecified atom stereocenters. The van der Waals surface area contributed by atoms with E-state index in [1.807, 2.05) is 45.8 Å². The second-order valence-corrected chi connectivity index (χ2v) is 4.35. The monoisotopic (exact) mass is 269 g/mol. The van der Waals surface area contributed by atoms with Crippen LogP contribution < -0.4 is 0 Å². The summed E-state index contributed by atoms with van der Waals surface area (Å²) in [7, 11) is 1.68. The molecule has 1 aromatic carbocycles. The van der Waals surface area contributed by atoms with Gasteiger partial charge in [-0.15, -0.1) is 10.2 Å². The van der Waals surface area contributed by atoms with E-state index in [0.29, 0.717) is 6.61 Å². The predicted octanol–water partition coefficient (Wildman–Crippen LogP) is 1.78. The molecule has 6 nitrogen and oxygen atoms in total. The lowest BCUT2D eigenvalue weighted by atomic mass is 10.3. The summed E-state index contributed by atoms with van der Waals surface area (Å²) in [6.45, 7) is 1.34. The molecule has 102 valence electrons. The normalized spacial score (nSPS) is 10.8. The topological polar surface area (TPSA) is 57.8 Å². The third-order valence-corrected chi connectivity index (χ3v) is 3.01. The summed E-state index contributed by atoms with van der Waals surface area (Å²) in [5.41, 5.74) is 1.95. The molecular formula is C14H15N5O. The Morgan fingerprint density at radius 3 is 2.85 bits per heavy atom. The summed E-state index contributed by atoms with van der Waals surface area (Å²) in [6, 6.07) is 9.96. The van der Waals surface area contributed by atoms with Crippen LogP contribution in [0.5, 0.6) is 0 Å². The summed E-state index contributed by atoms with van der Waals surface area (Å²) in [5, 5.41) is 12.5. The van der Waals surface area contributed by atoms with Gasteiger partial charge in [-0.1, -0.05) is 18.2 Å². The molecule has 0 radical (unpaired) electrons. The number of para-hydroxylation sites is 1. The zero-order chi connectivity index (χ0) is 13.8. The standard InChI is InChI=1S/C14H15N5O/c1-20-8-7-18-11-15-17-14(18)12-9-16-19(10-12)13-5-3-2-4-6-13/h2-6,9-11H,7-8H2,1H3. The molecule has 0 atom stereocenters. The first kappa shape index (κ1) is 12.6. The van der Waals surface area contributed by atoms with E-state index in [-0.39, 0.29) is 0 Å². The van der Waals surface area contributed by atoms with Gasteiger partial charge in [0, 0.05) is 19.9 Å². The number of hydrogen-bond acceptors (Lipinski definition) is 4. The Kier molecular flexibility index (Phi) is 3.56. The first-order chi connectivity index (χ1) is 9.88. The number of rotatable bonds is 5. The first-order valence-electron chi connectivity index (χ1n) is 6.35. The summed E-state index contributed by atoms with van der Waals surface area (Å²) < 4.78 is 8.86. The van der Waals surface area contributed by atoms with Crippen molar-refractivity contribution in [1.29, 1.82) is 0 Å². The minimum absolute atomic E-state index is 0.623. The van der Waals surface area contributed by atoms with Crippen LogP contribution in [0, 0.1) is 0 Å². The summed E-state index contributed by atoms with van der Waals surface area (Å²) in [4.78, 5) is 0. The Morgan fingerprint density at radius 1 is 1.20 bits per heavy atom. The van der Waals surface area contributed by atoms with E-state index in [0.717, 1.165) is 23.6 Å². The van der Waals surface area contributed by atoms with E-state index in [2.05, 4.69) is 15.3 Å². The second kappa shape index (κ2) is 5.66. The van der Waals surface area contributed by atoms with Gasteiger partial charge in [0.2, 0.25) is 0 Å². The van der Waals surface area contributed by atoms with Crippen LogP contribution >= 0.6 is 0 Å². The Bertz CT molecular complexity index is 674. The molecule has 0 amide bonds. The molecule has 0 saturated carbocycles. The van der Waals surface area contributed by atoms with Crippen molar-refractivity contribution in [3.63, 3.8) is 0 Å². The summed E-state index contributed by atoms with van der Waals surface area (Å²) >= 11 is 0. The van der Waals surface area contributed by atoms with Crippen molar-refractivity contribution in [1.82, 2.24) is 24.5 Å². The Balaban J connectivity index is 1.89. The molecule has 0 N–H and O–H groups in total. The summed E-state index contributed by atoms with van der Waals surface area (Å²) in [5.74, 6) is 0.796. The molecule has 2 heterocycles. The van der Waals surface area contributed by atoms with Crippen LogP contribution in [0.15, 0.2) is 49.1 Å². The van der Waals surface area contributed by atoms with Crippen molar-refractivity contribution < 1.29 is 4.74 Å². The van der Waals surface area contributed by atoms with E-state index < -0.39 is 0 Å². The van der Waals surface area contributed by atoms with E-state index in [9.17, 15) is 0 Å². The fraction of sp³-hybridized carbons (Fsp3) is 0.214. The number of ether oxygens (including phenoxy) is 1. The fourth-order valence-electron chi connectivity index (χ4n) is 1.99. The quantitative estimate of drug-likeness (QED) is 0.708. The second-order valence-electron chi connectivity index (χ2n) is 4.35. The number of benzene rings is 1. The lowest BCUT2D eigenvalue weighted by Gasteiger charge is -2.03. The van der Waals surface area contributed by atoms with E-state index in [1.165, 1.54) is 0 Å². The maximum absolute atomic E-state index is 5.08. The van der Waals surface area contributed by atoms with Crippen molar-refractivity contribution in [3.05, 3.63) is 49.1 Å². The van der Waals surface area contributed by atoms with E-state index in [1.54, 1.807) is 19.6 Å². The minimum Gasteiger partial charge on any atom is -0.383 e. The maximum atomic E-state index is 5.08. The van der Waals surface area contributed by atoms with Gasteiger partial charge < -0.3 is 9.30 Å². The molecule has 0 aliphatic carbocycles. The van der Waals surface area contributed by atoms with Crippen LogP contribution in [-0.4, -0.2) is 38.3 Å². The lowest BCUT2D eigenvalue weighted by molar-refractivity contribution is 0.187. The van der Waals surface area contributed by atoms with Crippen LogP contribution in [0.2, 0.25) is 0 Å². The molecular weight excluding hydrogens is 254 g/mol. The van der Waals surface area contributed by atoms with Gasteiger partial charge in [-0.25, -0.2) is 4.68 Å². The largest absolute Gasteiger partial charge is 0.383 e. The van der Waals surface area contributed by atoms with Gasteiger partial charge in [0.25, 0.3) is 0 Å². The molecule has 2 aromatic heterocycles. The van der Waals surface area contributed by atoms with Gasteiger partial charge in [0.15, 0.2) is 5.82 Å². The smallest absolute Gasteiger partial charge is 0.167 e. The van der Waals surface area contributed by atoms with Crippen molar-refractivity contribution >= 4 is 0 Å². The van der Waals surface area contributed by atoms with Crippen LogP contribution in [-0.2, 0) is 11.3 Å². The molecule has 3 rings (SSSR count). The number of aromatic nitrogens is 5. The number of nitrogens with zero attached hydrogens (tertiary/aromatic N) is 5. The zero-order valence-corrected chi connectivity index (χ0v) is 11.2. The first-order valence-corrected chi connectivity index (χ1v) is 6.35. The molecule has 6 heteroatoms. The van der Waals surface area contributed by atoms with Crippen LogP contribution in [0.1, 0.15) is 0 Å². The number of hydrogen-bond donors (Lipinski definition) is 0. The van der Waals surface area contributed by atoms with Gasteiger partial charge in [0.1, 0.15) is 6.33 Å². The average Bonchev–Trinajstić information content (AvgIpc) is 3.14. The Labute approximate surface area is 116 Å². The predicted molar refractivity (Wildman–Crippen MR) is 74.5 cm³/mol. The Morgan fingerprint density at radius 2 is 2.05 bits per heavy atom. The maximum Gasteiger partial charge on any atom is 0.167 e. The van der Waals surface area contributed by atoms with Gasteiger partial charge in [-0.05, 0) is 12.1 Å². The highest BCUT2D eigenvalue weighted by molar-refractivity contribution is 5.53. The van der Waals surface area contributed by atoms with E-state index >= 15 is 0 Å². The fourth-order valence-corrected chi connectivity index (χ4v) is 1.99. The molecule has 0 aliphatic rings. The van der Waals surface area contributed by atoms with Crippen LogP contribution in [0.25, 0.3) is 17.1 Å². The average molecular weight is 269 g/mol.